The summed E-state index contributed by atoms with van der Waals surface area (Å²) in [5, 5.41) is 3.18. The van der Waals surface area contributed by atoms with Gasteiger partial charge >= 0.3 is 0 Å². The van der Waals surface area contributed by atoms with Crippen molar-refractivity contribution in [2.24, 2.45) is 0 Å². The number of rotatable bonds is 4. The summed E-state index contributed by atoms with van der Waals surface area (Å²) in [7, 11) is 0. The fourth-order valence-corrected chi connectivity index (χ4v) is 2.82. The zero-order valence-electron chi connectivity index (χ0n) is 11.4. The molecule has 0 aliphatic carbocycles. The van der Waals surface area contributed by atoms with E-state index in [1.807, 2.05) is 19.3 Å². The summed E-state index contributed by atoms with van der Waals surface area (Å²) < 4.78 is 0. The largest absolute Gasteiger partial charge is 0.264 e. The third-order valence-electron chi connectivity index (χ3n) is 3.25. The van der Waals surface area contributed by atoms with Crippen molar-refractivity contribution in [1.82, 2.24) is 9.97 Å². The van der Waals surface area contributed by atoms with Gasteiger partial charge in [-0.2, -0.15) is 0 Å². The molecule has 3 rings (SSSR count). The summed E-state index contributed by atoms with van der Waals surface area (Å²) in [6.07, 6.45) is 5.89. The van der Waals surface area contributed by atoms with Crippen LogP contribution in [0.3, 0.4) is 0 Å². The fourth-order valence-electron chi connectivity index (χ4n) is 2.19. The van der Waals surface area contributed by atoms with Gasteiger partial charge < -0.3 is 0 Å². The number of pyridine rings is 1. The van der Waals surface area contributed by atoms with Crippen LogP contribution in [-0.2, 0) is 12.8 Å². The molecule has 0 bridgehead atoms. The van der Waals surface area contributed by atoms with E-state index in [4.69, 9.17) is 0 Å². The van der Waals surface area contributed by atoms with Gasteiger partial charge in [0.1, 0.15) is 0 Å². The van der Waals surface area contributed by atoms with Crippen LogP contribution in [0.5, 0.6) is 0 Å². The molecule has 0 saturated heterocycles. The number of thiazole rings is 1. The Morgan fingerprint density at radius 2 is 1.80 bits per heavy atom. The molecule has 2 aromatic heterocycles. The second-order valence-electron chi connectivity index (χ2n) is 4.82. The summed E-state index contributed by atoms with van der Waals surface area (Å²) in [5.41, 5.74) is 4.76. The van der Waals surface area contributed by atoms with Gasteiger partial charge in [-0.25, -0.2) is 4.98 Å². The van der Waals surface area contributed by atoms with E-state index >= 15 is 0 Å². The van der Waals surface area contributed by atoms with Gasteiger partial charge in [0.05, 0.1) is 10.7 Å². The van der Waals surface area contributed by atoms with E-state index in [1.54, 1.807) is 11.3 Å². The molecule has 0 atom stereocenters. The fraction of sp³-hybridized carbons (Fsp3) is 0.176. The zero-order valence-corrected chi connectivity index (χ0v) is 12.2. The molecule has 0 spiro atoms. The normalized spacial score (nSPS) is 10.7. The maximum Gasteiger partial charge on any atom is 0.0901 e. The predicted molar refractivity (Wildman–Crippen MR) is 83.9 cm³/mol. The van der Waals surface area contributed by atoms with Crippen molar-refractivity contribution in [3.63, 3.8) is 0 Å². The van der Waals surface area contributed by atoms with Gasteiger partial charge in [0, 0.05) is 23.3 Å². The third-order valence-corrected chi connectivity index (χ3v) is 4.03. The van der Waals surface area contributed by atoms with Crippen molar-refractivity contribution in [2.75, 3.05) is 0 Å². The summed E-state index contributed by atoms with van der Waals surface area (Å²) in [5.74, 6) is 0. The molecule has 3 heteroatoms. The lowest BCUT2D eigenvalue weighted by Crippen LogP contribution is -1.93. The van der Waals surface area contributed by atoms with E-state index in [2.05, 4.69) is 51.7 Å². The Hall–Kier alpha value is -2.00. The summed E-state index contributed by atoms with van der Waals surface area (Å²) in [4.78, 5) is 8.87. The second kappa shape index (κ2) is 5.97. The van der Waals surface area contributed by atoms with Crippen LogP contribution < -0.4 is 0 Å². The van der Waals surface area contributed by atoms with Crippen molar-refractivity contribution >= 4 is 11.3 Å². The maximum atomic E-state index is 4.52. The molecule has 0 aliphatic rings. The van der Waals surface area contributed by atoms with Gasteiger partial charge in [-0.3, -0.25) is 4.98 Å². The molecule has 2 nitrogen and oxygen atoms in total. The Morgan fingerprint density at radius 3 is 2.55 bits per heavy atom. The highest BCUT2D eigenvalue weighted by atomic mass is 32.1. The highest BCUT2D eigenvalue weighted by Crippen LogP contribution is 2.22. The van der Waals surface area contributed by atoms with Gasteiger partial charge in [0.2, 0.25) is 0 Å². The van der Waals surface area contributed by atoms with Crippen molar-refractivity contribution in [1.29, 1.82) is 0 Å². The molecule has 0 aliphatic heterocycles. The molecule has 0 unspecified atom stereocenters. The lowest BCUT2D eigenvalue weighted by atomic mass is 10.0. The second-order valence-corrected chi connectivity index (χ2v) is 5.88. The molecular formula is C17H16N2S. The van der Waals surface area contributed by atoms with Gasteiger partial charge in [-0.15, -0.1) is 11.3 Å². The molecule has 2 heterocycles. The number of aromatic nitrogens is 2. The van der Waals surface area contributed by atoms with Crippen LogP contribution in [0, 0.1) is 6.92 Å². The number of hydrogen-bond donors (Lipinski definition) is 0. The quantitative estimate of drug-likeness (QED) is 0.712. The average molecular weight is 280 g/mol. The number of aryl methyl sites for hydroxylation is 3. The SMILES string of the molecule is Cc1nc(-c2cncc(CCc3ccccc3)c2)cs1. The van der Waals surface area contributed by atoms with Gasteiger partial charge in [-0.1, -0.05) is 30.3 Å². The van der Waals surface area contributed by atoms with Crippen LogP contribution in [0.25, 0.3) is 11.3 Å². The smallest absolute Gasteiger partial charge is 0.0901 e. The van der Waals surface area contributed by atoms with Crippen LogP contribution >= 0.6 is 11.3 Å². The molecule has 3 aromatic rings. The molecule has 0 radical (unpaired) electrons. The molecule has 0 amide bonds. The Bertz CT molecular complexity index is 689. The first-order valence-electron chi connectivity index (χ1n) is 6.71. The van der Waals surface area contributed by atoms with Crippen molar-refractivity contribution in [3.05, 3.63) is 70.3 Å². The van der Waals surface area contributed by atoms with E-state index in [0.29, 0.717) is 0 Å². The maximum absolute atomic E-state index is 4.52. The monoisotopic (exact) mass is 280 g/mol. The van der Waals surface area contributed by atoms with Gasteiger partial charge in [0.25, 0.3) is 0 Å². The minimum atomic E-state index is 1.01. The van der Waals surface area contributed by atoms with E-state index < -0.39 is 0 Å². The van der Waals surface area contributed by atoms with Crippen molar-refractivity contribution < 1.29 is 0 Å². The molecule has 100 valence electrons. The highest BCUT2D eigenvalue weighted by Gasteiger charge is 2.04. The number of nitrogens with zero attached hydrogens (tertiary/aromatic N) is 2. The van der Waals surface area contributed by atoms with E-state index in [1.165, 1.54) is 11.1 Å². The Balaban J connectivity index is 1.75. The summed E-state index contributed by atoms with van der Waals surface area (Å²) >= 11 is 1.68. The predicted octanol–water partition coefficient (Wildman–Crippen LogP) is 4.30. The molecular weight excluding hydrogens is 264 g/mol. The summed E-state index contributed by atoms with van der Waals surface area (Å²) in [6.45, 7) is 2.03. The topological polar surface area (TPSA) is 25.8 Å². The van der Waals surface area contributed by atoms with E-state index in [-0.39, 0.29) is 0 Å². The Kier molecular flexibility index (Phi) is 3.88. The van der Waals surface area contributed by atoms with Crippen molar-refractivity contribution in [3.8, 4) is 11.3 Å². The van der Waals surface area contributed by atoms with Crippen LogP contribution in [0.2, 0.25) is 0 Å². The molecule has 1 aromatic carbocycles. The summed E-state index contributed by atoms with van der Waals surface area (Å²) in [6, 6.07) is 12.8. The number of hydrogen-bond acceptors (Lipinski definition) is 3. The van der Waals surface area contributed by atoms with Gasteiger partial charge in [-0.05, 0) is 37.0 Å². The lowest BCUT2D eigenvalue weighted by Gasteiger charge is -2.03. The molecule has 0 saturated carbocycles. The van der Waals surface area contributed by atoms with Crippen LogP contribution in [0.1, 0.15) is 16.1 Å². The number of benzene rings is 1. The van der Waals surface area contributed by atoms with Gasteiger partial charge in [0.15, 0.2) is 0 Å². The van der Waals surface area contributed by atoms with Crippen LogP contribution in [0.4, 0.5) is 0 Å². The molecule has 0 N–H and O–H groups in total. The standard InChI is InChI=1S/C17H16N2S/c1-13-19-17(12-20-13)16-9-15(10-18-11-16)8-7-14-5-3-2-4-6-14/h2-6,9-12H,7-8H2,1H3. The highest BCUT2D eigenvalue weighted by molar-refractivity contribution is 7.09. The first kappa shape index (κ1) is 13.0. The minimum Gasteiger partial charge on any atom is -0.264 e. The first-order valence-corrected chi connectivity index (χ1v) is 7.59. The lowest BCUT2D eigenvalue weighted by molar-refractivity contribution is 0.950. The van der Waals surface area contributed by atoms with E-state index in [0.717, 1.165) is 29.1 Å². The van der Waals surface area contributed by atoms with Crippen molar-refractivity contribution in [2.45, 2.75) is 19.8 Å². The van der Waals surface area contributed by atoms with E-state index in [9.17, 15) is 0 Å². The minimum absolute atomic E-state index is 1.01. The van der Waals surface area contributed by atoms with Crippen LogP contribution in [-0.4, -0.2) is 9.97 Å². The Morgan fingerprint density at radius 1 is 1.00 bits per heavy atom. The zero-order chi connectivity index (χ0) is 13.8. The molecule has 0 fully saturated rings. The average Bonchev–Trinajstić information content (AvgIpc) is 2.93. The Labute approximate surface area is 123 Å². The first-order chi connectivity index (χ1) is 9.81. The molecule has 20 heavy (non-hydrogen) atoms. The third kappa shape index (κ3) is 3.11. The van der Waals surface area contributed by atoms with Crippen LogP contribution in [0.15, 0.2) is 54.2 Å².